The summed E-state index contributed by atoms with van der Waals surface area (Å²) >= 11 is 0. The fraction of sp³-hybridized carbons (Fsp3) is 0.200. The number of hydrogen-bond donors (Lipinski definition) is 0. The third kappa shape index (κ3) is 4.50. The topological polar surface area (TPSA) is 94.8 Å². The summed E-state index contributed by atoms with van der Waals surface area (Å²) in [6.45, 7) is 3.43. The van der Waals surface area contributed by atoms with Crippen LogP contribution >= 0.6 is 0 Å². The van der Waals surface area contributed by atoms with Crippen molar-refractivity contribution < 1.29 is 26.8 Å². The van der Waals surface area contributed by atoms with E-state index in [0.29, 0.717) is 17.1 Å². The molecule has 30 heavy (non-hydrogen) atoms. The van der Waals surface area contributed by atoms with Crippen LogP contribution in [0, 0.1) is 5.82 Å². The second-order valence-corrected chi connectivity index (χ2v) is 8.06. The van der Waals surface area contributed by atoms with Gasteiger partial charge >= 0.3 is 0 Å². The number of ether oxygens (including phenoxy) is 2. The number of aromatic nitrogens is 2. The molecular formula is C20H20FN3O5S. The molecule has 10 heteroatoms. The standard InChI is InChI=1S/C20H20FN3O5S/c1-4-11-24(30(25,26)16-8-6-15(21)7-9-16)13-19-22-20(23-29-19)14-5-10-17(27-2)18(12-14)28-3/h4-10,12H,1,11,13H2,2-3H3. The normalized spacial score (nSPS) is 11.5. The minimum atomic E-state index is -3.92. The zero-order valence-electron chi connectivity index (χ0n) is 16.4. The molecule has 8 nitrogen and oxygen atoms in total. The molecule has 3 aromatic rings. The Balaban J connectivity index is 1.86. The van der Waals surface area contributed by atoms with Crippen molar-refractivity contribution in [1.82, 2.24) is 14.4 Å². The monoisotopic (exact) mass is 433 g/mol. The molecule has 0 atom stereocenters. The summed E-state index contributed by atoms with van der Waals surface area (Å²) in [5, 5.41) is 3.92. The first-order chi connectivity index (χ1) is 14.4. The fourth-order valence-corrected chi connectivity index (χ4v) is 4.07. The van der Waals surface area contributed by atoms with Crippen molar-refractivity contribution in [1.29, 1.82) is 0 Å². The Hall–Kier alpha value is -3.24. The predicted molar refractivity (Wildman–Crippen MR) is 107 cm³/mol. The van der Waals surface area contributed by atoms with E-state index in [-0.39, 0.29) is 29.7 Å². The quantitative estimate of drug-likeness (QED) is 0.478. The van der Waals surface area contributed by atoms with E-state index in [1.165, 1.54) is 32.4 Å². The first kappa shape index (κ1) is 21.5. The van der Waals surface area contributed by atoms with E-state index in [4.69, 9.17) is 14.0 Å². The lowest BCUT2D eigenvalue weighted by Gasteiger charge is -2.18. The summed E-state index contributed by atoms with van der Waals surface area (Å²) in [5.74, 6) is 0.873. The molecule has 3 rings (SSSR count). The van der Waals surface area contributed by atoms with Gasteiger partial charge in [-0.15, -0.1) is 6.58 Å². The minimum Gasteiger partial charge on any atom is -0.493 e. The van der Waals surface area contributed by atoms with Gasteiger partial charge in [-0.25, -0.2) is 12.8 Å². The average molecular weight is 433 g/mol. The first-order valence-electron chi connectivity index (χ1n) is 8.80. The number of benzene rings is 2. The van der Waals surface area contributed by atoms with Crippen molar-refractivity contribution in [3.63, 3.8) is 0 Å². The van der Waals surface area contributed by atoms with Gasteiger partial charge in [0.1, 0.15) is 5.82 Å². The molecule has 0 spiro atoms. The summed E-state index contributed by atoms with van der Waals surface area (Å²) in [6, 6.07) is 9.68. The lowest BCUT2D eigenvalue weighted by atomic mass is 10.2. The molecule has 0 unspecified atom stereocenters. The number of hydrogen-bond acceptors (Lipinski definition) is 7. The van der Waals surface area contributed by atoms with Crippen LogP contribution in [-0.2, 0) is 16.6 Å². The molecule has 0 aliphatic rings. The summed E-state index contributed by atoms with van der Waals surface area (Å²) in [7, 11) is -0.884. The third-order valence-corrected chi connectivity index (χ3v) is 6.03. The highest BCUT2D eigenvalue weighted by Gasteiger charge is 2.26. The van der Waals surface area contributed by atoms with E-state index in [1.807, 2.05) is 0 Å². The van der Waals surface area contributed by atoms with Crippen LogP contribution in [0.4, 0.5) is 4.39 Å². The van der Waals surface area contributed by atoms with Crippen LogP contribution in [0.5, 0.6) is 11.5 Å². The van der Waals surface area contributed by atoms with E-state index < -0.39 is 15.8 Å². The molecule has 0 saturated carbocycles. The lowest BCUT2D eigenvalue weighted by molar-refractivity contribution is 0.327. The van der Waals surface area contributed by atoms with E-state index in [2.05, 4.69) is 16.7 Å². The van der Waals surface area contributed by atoms with Gasteiger partial charge in [-0.1, -0.05) is 11.2 Å². The van der Waals surface area contributed by atoms with Gasteiger partial charge in [-0.3, -0.25) is 0 Å². The molecule has 1 aromatic heterocycles. The van der Waals surface area contributed by atoms with E-state index in [1.54, 1.807) is 18.2 Å². The van der Waals surface area contributed by atoms with Gasteiger partial charge in [0.2, 0.25) is 21.7 Å². The van der Waals surface area contributed by atoms with Crippen LogP contribution in [-0.4, -0.2) is 43.6 Å². The molecule has 0 amide bonds. The molecular weight excluding hydrogens is 413 g/mol. The van der Waals surface area contributed by atoms with Crippen molar-refractivity contribution in [2.24, 2.45) is 0 Å². The predicted octanol–water partition coefficient (Wildman–Crippen LogP) is 3.27. The largest absolute Gasteiger partial charge is 0.493 e. The van der Waals surface area contributed by atoms with Crippen LogP contribution in [0.2, 0.25) is 0 Å². The smallest absolute Gasteiger partial charge is 0.243 e. The zero-order valence-corrected chi connectivity index (χ0v) is 17.2. The van der Waals surface area contributed by atoms with Gasteiger partial charge in [0, 0.05) is 12.1 Å². The number of halogens is 1. The Bertz CT molecular complexity index is 1130. The van der Waals surface area contributed by atoms with Gasteiger partial charge in [-0.2, -0.15) is 9.29 Å². The summed E-state index contributed by atoms with van der Waals surface area (Å²) in [5.41, 5.74) is 0.610. The van der Waals surface area contributed by atoms with E-state index in [9.17, 15) is 12.8 Å². The van der Waals surface area contributed by atoms with E-state index >= 15 is 0 Å². The molecule has 0 fully saturated rings. The molecule has 158 valence electrons. The lowest BCUT2D eigenvalue weighted by Crippen LogP contribution is -2.31. The second kappa shape index (κ2) is 9.06. The van der Waals surface area contributed by atoms with Gasteiger partial charge in [-0.05, 0) is 42.5 Å². The highest BCUT2D eigenvalue weighted by Crippen LogP contribution is 2.31. The van der Waals surface area contributed by atoms with E-state index in [0.717, 1.165) is 16.4 Å². The van der Waals surface area contributed by atoms with Gasteiger partial charge in [0.15, 0.2) is 11.5 Å². The van der Waals surface area contributed by atoms with Crippen molar-refractivity contribution in [2.45, 2.75) is 11.4 Å². The van der Waals surface area contributed by atoms with Crippen molar-refractivity contribution >= 4 is 10.0 Å². The third-order valence-electron chi connectivity index (χ3n) is 4.21. The van der Waals surface area contributed by atoms with Crippen molar-refractivity contribution in [3.8, 4) is 22.9 Å². The highest BCUT2D eigenvalue weighted by atomic mass is 32.2. The maximum atomic E-state index is 13.2. The molecule has 0 aliphatic carbocycles. The minimum absolute atomic E-state index is 0.00772. The molecule has 0 radical (unpaired) electrons. The Morgan fingerprint density at radius 3 is 2.47 bits per heavy atom. The Labute approximate surface area is 173 Å². The van der Waals surface area contributed by atoms with Gasteiger partial charge < -0.3 is 14.0 Å². The van der Waals surface area contributed by atoms with Crippen LogP contribution in [0.1, 0.15) is 5.89 Å². The fourth-order valence-electron chi connectivity index (χ4n) is 2.71. The van der Waals surface area contributed by atoms with Crippen LogP contribution in [0.25, 0.3) is 11.4 Å². The summed E-state index contributed by atoms with van der Waals surface area (Å²) in [6.07, 6.45) is 1.44. The van der Waals surface area contributed by atoms with Crippen molar-refractivity contribution in [3.05, 3.63) is 66.8 Å². The summed E-state index contributed by atoms with van der Waals surface area (Å²) in [4.78, 5) is 4.23. The van der Waals surface area contributed by atoms with Crippen LogP contribution in [0.15, 0.2) is 64.5 Å². The molecule has 0 bridgehead atoms. The van der Waals surface area contributed by atoms with Gasteiger partial charge in [0.05, 0.1) is 25.7 Å². The maximum Gasteiger partial charge on any atom is 0.243 e. The molecule has 1 heterocycles. The molecule has 0 saturated heterocycles. The molecule has 0 N–H and O–H groups in total. The first-order valence-corrected chi connectivity index (χ1v) is 10.2. The maximum absolute atomic E-state index is 13.2. The Morgan fingerprint density at radius 2 is 1.83 bits per heavy atom. The second-order valence-electron chi connectivity index (χ2n) is 6.12. The Morgan fingerprint density at radius 1 is 1.13 bits per heavy atom. The zero-order chi connectivity index (χ0) is 21.7. The highest BCUT2D eigenvalue weighted by molar-refractivity contribution is 7.89. The Kier molecular flexibility index (Phi) is 6.48. The van der Waals surface area contributed by atoms with Crippen LogP contribution in [0.3, 0.4) is 0 Å². The number of sulfonamides is 1. The van der Waals surface area contributed by atoms with Crippen molar-refractivity contribution in [2.75, 3.05) is 20.8 Å². The van der Waals surface area contributed by atoms with Gasteiger partial charge in [0.25, 0.3) is 0 Å². The molecule has 0 aliphatic heterocycles. The summed E-state index contributed by atoms with van der Waals surface area (Å²) < 4.78 is 55.8. The SMILES string of the molecule is C=CCN(Cc1nc(-c2ccc(OC)c(OC)c2)no1)S(=O)(=O)c1ccc(F)cc1. The van der Waals surface area contributed by atoms with Crippen LogP contribution < -0.4 is 9.47 Å². The number of rotatable bonds is 9. The number of methoxy groups -OCH3 is 2. The number of nitrogens with zero attached hydrogens (tertiary/aromatic N) is 3. The molecule has 2 aromatic carbocycles. The average Bonchev–Trinajstić information content (AvgIpc) is 3.22.